The number of amides is 1. The predicted molar refractivity (Wildman–Crippen MR) is 95.9 cm³/mol. The molecule has 0 bridgehead atoms. The standard InChI is InChI=1S/C19H25NO2S/c1-14(21)23-13-15-11-19(22)20(12-15)18-9-7-17(8-10-18)16-5-3-2-4-6-16/h7-10,15-16H,2-6,11-13H2,1H3. The molecule has 1 saturated heterocycles. The van der Waals surface area contributed by atoms with Gasteiger partial charge in [0.2, 0.25) is 5.91 Å². The fourth-order valence-electron chi connectivity index (χ4n) is 3.74. The van der Waals surface area contributed by atoms with Crippen molar-refractivity contribution in [1.82, 2.24) is 0 Å². The molecule has 1 atom stereocenters. The number of hydrogen-bond acceptors (Lipinski definition) is 3. The lowest BCUT2D eigenvalue weighted by atomic mass is 9.84. The molecular weight excluding hydrogens is 306 g/mol. The largest absolute Gasteiger partial charge is 0.312 e. The number of hydrogen-bond donors (Lipinski definition) is 0. The Labute approximate surface area is 142 Å². The average Bonchev–Trinajstić information content (AvgIpc) is 2.95. The Morgan fingerprint density at radius 3 is 2.52 bits per heavy atom. The van der Waals surface area contributed by atoms with Gasteiger partial charge in [-0.25, -0.2) is 0 Å². The average molecular weight is 331 g/mol. The first kappa shape index (κ1) is 16.6. The van der Waals surface area contributed by atoms with E-state index in [9.17, 15) is 9.59 Å². The molecule has 1 aromatic carbocycles. The maximum atomic E-state index is 12.2. The third-order valence-electron chi connectivity index (χ3n) is 5.01. The molecule has 1 aromatic rings. The van der Waals surface area contributed by atoms with Crippen LogP contribution in [0.25, 0.3) is 0 Å². The predicted octanol–water partition coefficient (Wildman–Crippen LogP) is 4.37. The van der Waals surface area contributed by atoms with Gasteiger partial charge >= 0.3 is 0 Å². The van der Waals surface area contributed by atoms with E-state index in [2.05, 4.69) is 24.3 Å². The second-order valence-electron chi connectivity index (χ2n) is 6.80. The van der Waals surface area contributed by atoms with Gasteiger partial charge in [0.15, 0.2) is 5.12 Å². The van der Waals surface area contributed by atoms with Crippen molar-refractivity contribution in [3.8, 4) is 0 Å². The van der Waals surface area contributed by atoms with Crippen LogP contribution in [0.5, 0.6) is 0 Å². The van der Waals surface area contributed by atoms with Crippen molar-refractivity contribution in [2.75, 3.05) is 17.2 Å². The van der Waals surface area contributed by atoms with Gasteiger partial charge in [0.05, 0.1) is 0 Å². The Bertz CT molecular complexity index is 563. The van der Waals surface area contributed by atoms with Crippen LogP contribution in [-0.4, -0.2) is 23.3 Å². The Hall–Kier alpha value is -1.29. The summed E-state index contributed by atoms with van der Waals surface area (Å²) in [7, 11) is 0. The highest BCUT2D eigenvalue weighted by Crippen LogP contribution is 2.34. The minimum atomic E-state index is 0.132. The first-order chi connectivity index (χ1) is 11.1. The fraction of sp³-hybridized carbons (Fsp3) is 0.579. The molecule has 4 heteroatoms. The molecular formula is C19H25NO2S. The van der Waals surface area contributed by atoms with Crippen molar-refractivity contribution >= 4 is 28.5 Å². The molecule has 1 aliphatic heterocycles. The third-order valence-corrected chi connectivity index (χ3v) is 6.05. The van der Waals surface area contributed by atoms with Crippen molar-refractivity contribution in [2.45, 2.75) is 51.4 Å². The minimum Gasteiger partial charge on any atom is -0.312 e. The number of thioether (sulfide) groups is 1. The van der Waals surface area contributed by atoms with Gasteiger partial charge in [-0.1, -0.05) is 43.2 Å². The third kappa shape index (κ3) is 4.17. The highest BCUT2D eigenvalue weighted by atomic mass is 32.2. The number of rotatable bonds is 4. The Morgan fingerprint density at radius 2 is 1.87 bits per heavy atom. The monoisotopic (exact) mass is 331 g/mol. The van der Waals surface area contributed by atoms with Gasteiger partial charge in [0, 0.05) is 31.3 Å². The number of anilines is 1. The zero-order valence-electron chi connectivity index (χ0n) is 13.8. The van der Waals surface area contributed by atoms with Gasteiger partial charge in [-0.15, -0.1) is 0 Å². The molecule has 0 N–H and O–H groups in total. The molecule has 3 rings (SSSR count). The summed E-state index contributed by atoms with van der Waals surface area (Å²) in [5.41, 5.74) is 2.42. The number of nitrogens with zero attached hydrogens (tertiary/aromatic N) is 1. The highest BCUT2D eigenvalue weighted by Gasteiger charge is 2.30. The number of carbonyl (C=O) groups is 2. The topological polar surface area (TPSA) is 37.4 Å². The van der Waals surface area contributed by atoms with Gasteiger partial charge in [0.25, 0.3) is 0 Å². The van der Waals surface area contributed by atoms with Crippen LogP contribution < -0.4 is 4.90 Å². The van der Waals surface area contributed by atoms with Crippen molar-refractivity contribution in [2.24, 2.45) is 5.92 Å². The van der Waals surface area contributed by atoms with Crippen LogP contribution in [0.15, 0.2) is 24.3 Å². The van der Waals surface area contributed by atoms with Gasteiger partial charge in [-0.3, -0.25) is 9.59 Å². The minimum absolute atomic E-state index is 0.132. The Balaban J connectivity index is 1.62. The zero-order valence-corrected chi connectivity index (χ0v) is 14.6. The van der Waals surface area contributed by atoms with Gasteiger partial charge in [-0.2, -0.15) is 0 Å². The lowest BCUT2D eigenvalue weighted by molar-refractivity contribution is -0.117. The maximum absolute atomic E-state index is 12.2. The van der Waals surface area contributed by atoms with E-state index >= 15 is 0 Å². The van der Waals surface area contributed by atoms with Crippen molar-refractivity contribution in [3.05, 3.63) is 29.8 Å². The van der Waals surface area contributed by atoms with Crippen LogP contribution in [0, 0.1) is 5.92 Å². The molecule has 0 radical (unpaired) electrons. The second kappa shape index (κ2) is 7.52. The quantitative estimate of drug-likeness (QED) is 0.822. The van der Waals surface area contributed by atoms with Gasteiger partial charge < -0.3 is 4.90 Å². The second-order valence-corrected chi connectivity index (χ2v) is 8.00. The summed E-state index contributed by atoms with van der Waals surface area (Å²) in [6.07, 6.45) is 7.21. The molecule has 2 fully saturated rings. The first-order valence-electron chi connectivity index (χ1n) is 8.67. The van der Waals surface area contributed by atoms with E-state index in [1.54, 1.807) is 6.92 Å². The molecule has 23 heavy (non-hydrogen) atoms. The summed E-state index contributed by atoms with van der Waals surface area (Å²) in [4.78, 5) is 25.2. The number of carbonyl (C=O) groups excluding carboxylic acids is 2. The number of benzene rings is 1. The summed E-state index contributed by atoms with van der Waals surface area (Å²) in [6, 6.07) is 8.61. The fourth-order valence-corrected chi connectivity index (χ4v) is 4.43. The van der Waals surface area contributed by atoms with Gasteiger partial charge in [0.1, 0.15) is 0 Å². The smallest absolute Gasteiger partial charge is 0.227 e. The molecule has 0 aromatic heterocycles. The molecule has 1 unspecified atom stereocenters. The zero-order chi connectivity index (χ0) is 16.2. The van der Waals surface area contributed by atoms with Crippen LogP contribution in [0.3, 0.4) is 0 Å². The van der Waals surface area contributed by atoms with Crippen LogP contribution in [-0.2, 0) is 9.59 Å². The van der Waals surface area contributed by atoms with E-state index < -0.39 is 0 Å². The van der Waals surface area contributed by atoms with Crippen LogP contribution in [0.2, 0.25) is 0 Å². The van der Waals surface area contributed by atoms with Gasteiger partial charge in [-0.05, 0) is 42.4 Å². The van der Waals surface area contributed by atoms with Crippen LogP contribution in [0.4, 0.5) is 5.69 Å². The molecule has 3 nitrogen and oxygen atoms in total. The lowest BCUT2D eigenvalue weighted by Crippen LogP contribution is -2.24. The summed E-state index contributed by atoms with van der Waals surface area (Å²) in [6.45, 7) is 2.32. The summed E-state index contributed by atoms with van der Waals surface area (Å²) >= 11 is 1.33. The Kier molecular flexibility index (Phi) is 5.42. The molecule has 2 aliphatic rings. The van der Waals surface area contributed by atoms with Crippen molar-refractivity contribution in [3.63, 3.8) is 0 Å². The van der Waals surface area contributed by atoms with E-state index in [0.29, 0.717) is 12.3 Å². The molecule has 1 aliphatic carbocycles. The van der Waals surface area contributed by atoms with Crippen LogP contribution >= 0.6 is 11.8 Å². The van der Waals surface area contributed by atoms with Crippen molar-refractivity contribution < 1.29 is 9.59 Å². The SMILES string of the molecule is CC(=O)SCC1CC(=O)N(c2ccc(C3CCCCC3)cc2)C1. The maximum Gasteiger partial charge on any atom is 0.227 e. The van der Waals surface area contributed by atoms with E-state index in [4.69, 9.17) is 0 Å². The Morgan fingerprint density at radius 1 is 1.17 bits per heavy atom. The normalized spacial score (nSPS) is 22.6. The summed E-state index contributed by atoms with van der Waals surface area (Å²) < 4.78 is 0. The summed E-state index contributed by atoms with van der Waals surface area (Å²) in [5, 5.41) is 0.132. The van der Waals surface area contributed by atoms with E-state index in [1.807, 2.05) is 4.90 Å². The van der Waals surface area contributed by atoms with E-state index in [-0.39, 0.29) is 16.9 Å². The molecule has 124 valence electrons. The molecule has 1 saturated carbocycles. The summed E-state index contributed by atoms with van der Waals surface area (Å²) in [5.74, 6) is 1.92. The molecule has 0 spiro atoms. The van der Waals surface area contributed by atoms with E-state index in [1.165, 1.54) is 49.4 Å². The van der Waals surface area contributed by atoms with Crippen LogP contribution in [0.1, 0.15) is 56.9 Å². The highest BCUT2D eigenvalue weighted by molar-refractivity contribution is 8.13. The van der Waals surface area contributed by atoms with E-state index in [0.717, 1.165) is 18.0 Å². The van der Waals surface area contributed by atoms with Crippen molar-refractivity contribution in [1.29, 1.82) is 0 Å². The lowest BCUT2D eigenvalue weighted by Gasteiger charge is -2.23. The molecule has 1 heterocycles. The first-order valence-corrected chi connectivity index (χ1v) is 9.65. The molecule has 1 amide bonds.